The lowest BCUT2D eigenvalue weighted by molar-refractivity contribution is 0.106. The second-order valence-electron chi connectivity index (χ2n) is 6.32. The van der Waals surface area contributed by atoms with Gasteiger partial charge in [-0.15, -0.1) is 0 Å². The molecule has 0 bridgehead atoms. The van der Waals surface area contributed by atoms with Crippen molar-refractivity contribution in [2.45, 2.75) is 17.4 Å². The van der Waals surface area contributed by atoms with Crippen molar-refractivity contribution in [3.05, 3.63) is 84.7 Å². The van der Waals surface area contributed by atoms with E-state index in [1.807, 2.05) is 24.3 Å². The molecule has 6 heteroatoms. The van der Waals surface area contributed by atoms with E-state index in [4.69, 9.17) is 4.74 Å². The van der Waals surface area contributed by atoms with Crippen molar-refractivity contribution >= 4 is 17.6 Å². The summed E-state index contributed by atoms with van der Waals surface area (Å²) < 4.78 is 8.84. The highest BCUT2D eigenvalue weighted by Gasteiger charge is 2.05. The van der Waals surface area contributed by atoms with Gasteiger partial charge >= 0.3 is 0 Å². The van der Waals surface area contributed by atoms with Crippen molar-refractivity contribution in [3.63, 3.8) is 0 Å². The van der Waals surface area contributed by atoms with Crippen molar-refractivity contribution in [3.8, 4) is 5.75 Å². The summed E-state index contributed by atoms with van der Waals surface area (Å²) in [4.78, 5) is 5.16. The zero-order valence-electron chi connectivity index (χ0n) is 15.6. The summed E-state index contributed by atoms with van der Waals surface area (Å²) in [6.07, 6.45) is 3.68. The number of hydrogen-bond donors (Lipinski definition) is 3. The lowest BCUT2D eigenvalue weighted by Gasteiger charge is -2.13. The van der Waals surface area contributed by atoms with Crippen LogP contribution in [-0.4, -0.2) is 35.9 Å². The Hall–Kier alpha value is -2.54. The smallest absolute Gasteiger partial charge is 0.137 e. The third-order valence-electron chi connectivity index (χ3n) is 4.03. The molecule has 2 aromatic carbocycles. The highest BCUT2D eigenvalue weighted by atomic mass is 32.2. The molecule has 0 saturated heterocycles. The molecule has 3 aromatic rings. The summed E-state index contributed by atoms with van der Waals surface area (Å²) in [6.45, 7) is 1.54. The van der Waals surface area contributed by atoms with Crippen LogP contribution in [0.5, 0.6) is 5.75 Å². The van der Waals surface area contributed by atoms with Crippen LogP contribution in [0.25, 0.3) is 0 Å². The molecule has 28 heavy (non-hydrogen) atoms. The Morgan fingerprint density at radius 2 is 1.82 bits per heavy atom. The first-order valence-corrected chi connectivity index (χ1v) is 10.1. The predicted octanol–water partition coefficient (Wildman–Crippen LogP) is 3.77. The molecule has 146 valence electrons. The van der Waals surface area contributed by atoms with E-state index in [0.29, 0.717) is 12.3 Å². The highest BCUT2D eigenvalue weighted by Crippen LogP contribution is 2.20. The van der Waals surface area contributed by atoms with Crippen LogP contribution in [0.2, 0.25) is 0 Å². The van der Waals surface area contributed by atoms with E-state index in [-0.39, 0.29) is 6.61 Å². The van der Waals surface area contributed by atoms with Gasteiger partial charge in [-0.1, -0.05) is 30.3 Å². The fourth-order valence-electron chi connectivity index (χ4n) is 2.53. The molecule has 0 aliphatic rings. The Balaban J connectivity index is 1.30. The molecule has 1 unspecified atom stereocenters. The number of nitrogens with zero attached hydrogens (tertiary/aromatic N) is 1. The van der Waals surface area contributed by atoms with Gasteiger partial charge in [-0.05, 0) is 66.9 Å². The minimum Gasteiger partial charge on any atom is -0.489 e. The fraction of sp³-hybridized carbons (Fsp3) is 0.227. The second kappa shape index (κ2) is 11.3. The standard InChI is InChI=1S/C22H25N3O2S/c26-20(17-27-21-5-4-13-23-16-21)15-24-14-12-18-8-10-19(11-9-18)25-28-22-6-2-1-3-7-22/h1-11,13,16,20,24-26H,12,14-15,17H2. The topological polar surface area (TPSA) is 66.4 Å². The molecule has 0 saturated carbocycles. The van der Waals surface area contributed by atoms with Gasteiger partial charge in [0.15, 0.2) is 0 Å². The summed E-state index contributed by atoms with van der Waals surface area (Å²) in [5.41, 5.74) is 2.33. The molecule has 5 nitrogen and oxygen atoms in total. The molecule has 0 amide bonds. The lowest BCUT2D eigenvalue weighted by Crippen LogP contribution is -2.32. The van der Waals surface area contributed by atoms with Crippen LogP contribution in [0.1, 0.15) is 5.56 Å². The SMILES string of the molecule is OC(CNCCc1ccc(NSc2ccccc2)cc1)COc1cccnc1. The number of ether oxygens (including phenoxy) is 1. The van der Waals surface area contributed by atoms with Crippen molar-refractivity contribution in [1.29, 1.82) is 0 Å². The maximum absolute atomic E-state index is 9.98. The Kier molecular flexibility index (Phi) is 8.18. The van der Waals surface area contributed by atoms with E-state index in [1.165, 1.54) is 10.5 Å². The molecule has 0 spiro atoms. The number of pyridine rings is 1. The van der Waals surface area contributed by atoms with Gasteiger partial charge in [0.05, 0.1) is 6.20 Å². The molecule has 1 heterocycles. The van der Waals surface area contributed by atoms with Crippen LogP contribution in [-0.2, 0) is 6.42 Å². The minimum absolute atomic E-state index is 0.248. The maximum Gasteiger partial charge on any atom is 0.137 e. The number of aromatic nitrogens is 1. The molecule has 3 rings (SSSR count). The van der Waals surface area contributed by atoms with Crippen LogP contribution in [0.4, 0.5) is 5.69 Å². The normalized spacial score (nSPS) is 11.8. The Morgan fingerprint density at radius 1 is 1.00 bits per heavy atom. The zero-order chi connectivity index (χ0) is 19.4. The molecule has 1 atom stereocenters. The molecule has 0 aliphatic heterocycles. The van der Waals surface area contributed by atoms with Gasteiger partial charge in [0.1, 0.15) is 18.5 Å². The Morgan fingerprint density at radius 3 is 2.57 bits per heavy atom. The molecule has 3 N–H and O–H groups in total. The average Bonchev–Trinajstić information content (AvgIpc) is 2.76. The van der Waals surface area contributed by atoms with Gasteiger partial charge in [-0.2, -0.15) is 0 Å². The fourth-order valence-corrected chi connectivity index (χ4v) is 3.20. The van der Waals surface area contributed by atoms with E-state index < -0.39 is 6.10 Å². The highest BCUT2D eigenvalue weighted by molar-refractivity contribution is 8.00. The van der Waals surface area contributed by atoms with Gasteiger partial charge in [0.2, 0.25) is 0 Å². The largest absolute Gasteiger partial charge is 0.489 e. The molecule has 0 radical (unpaired) electrons. The van der Waals surface area contributed by atoms with Crippen LogP contribution in [0.3, 0.4) is 0 Å². The molecular formula is C22H25N3O2S. The van der Waals surface area contributed by atoms with Gasteiger partial charge in [-0.25, -0.2) is 0 Å². The van der Waals surface area contributed by atoms with Crippen LogP contribution >= 0.6 is 11.9 Å². The van der Waals surface area contributed by atoms with E-state index in [2.05, 4.69) is 51.4 Å². The maximum atomic E-state index is 9.98. The number of aliphatic hydroxyl groups excluding tert-OH is 1. The van der Waals surface area contributed by atoms with Crippen molar-refractivity contribution < 1.29 is 9.84 Å². The van der Waals surface area contributed by atoms with Crippen LogP contribution in [0.15, 0.2) is 84.0 Å². The quantitative estimate of drug-likeness (QED) is 0.339. The number of aliphatic hydroxyl groups is 1. The summed E-state index contributed by atoms with van der Waals surface area (Å²) in [5.74, 6) is 0.667. The van der Waals surface area contributed by atoms with E-state index in [0.717, 1.165) is 18.7 Å². The van der Waals surface area contributed by atoms with Gasteiger partial charge in [-0.3, -0.25) is 4.98 Å². The number of nitrogens with one attached hydrogen (secondary N) is 2. The molecule has 0 fully saturated rings. The first kappa shape index (κ1) is 20.2. The Bertz CT molecular complexity index is 801. The van der Waals surface area contributed by atoms with Crippen molar-refractivity contribution in [2.75, 3.05) is 24.4 Å². The lowest BCUT2D eigenvalue weighted by atomic mass is 10.1. The van der Waals surface area contributed by atoms with Crippen LogP contribution < -0.4 is 14.8 Å². The first-order valence-electron chi connectivity index (χ1n) is 9.28. The number of benzene rings is 2. The summed E-state index contributed by atoms with van der Waals surface area (Å²) in [6, 6.07) is 22.3. The molecule has 1 aromatic heterocycles. The average molecular weight is 396 g/mol. The van der Waals surface area contributed by atoms with Crippen molar-refractivity contribution in [2.24, 2.45) is 0 Å². The predicted molar refractivity (Wildman–Crippen MR) is 115 cm³/mol. The van der Waals surface area contributed by atoms with Gasteiger partial charge in [0.25, 0.3) is 0 Å². The summed E-state index contributed by atoms with van der Waals surface area (Å²) in [5, 5.41) is 13.2. The van der Waals surface area contributed by atoms with E-state index in [9.17, 15) is 5.11 Å². The summed E-state index contributed by atoms with van der Waals surface area (Å²) in [7, 11) is 0. The summed E-state index contributed by atoms with van der Waals surface area (Å²) >= 11 is 1.60. The zero-order valence-corrected chi connectivity index (χ0v) is 16.4. The number of hydrogen-bond acceptors (Lipinski definition) is 6. The first-order chi connectivity index (χ1) is 13.8. The van der Waals surface area contributed by atoms with Gasteiger partial charge in [0, 0.05) is 23.3 Å². The third-order valence-corrected chi connectivity index (χ3v) is 4.88. The number of anilines is 1. The van der Waals surface area contributed by atoms with E-state index >= 15 is 0 Å². The van der Waals surface area contributed by atoms with E-state index in [1.54, 1.807) is 30.4 Å². The van der Waals surface area contributed by atoms with Gasteiger partial charge < -0.3 is 19.9 Å². The molecular weight excluding hydrogens is 370 g/mol. The second-order valence-corrected chi connectivity index (χ2v) is 7.20. The minimum atomic E-state index is -0.554. The Labute approximate surface area is 170 Å². The van der Waals surface area contributed by atoms with Crippen LogP contribution in [0, 0.1) is 0 Å². The molecule has 0 aliphatic carbocycles. The van der Waals surface area contributed by atoms with Crippen molar-refractivity contribution in [1.82, 2.24) is 10.3 Å². The third kappa shape index (κ3) is 7.23. The monoisotopic (exact) mass is 395 g/mol. The number of rotatable bonds is 11.